The summed E-state index contributed by atoms with van der Waals surface area (Å²) in [5.74, 6) is 0.741. The third kappa shape index (κ3) is 3.30. The van der Waals surface area contributed by atoms with Gasteiger partial charge in [0.15, 0.2) is 6.29 Å². The van der Waals surface area contributed by atoms with Crippen molar-refractivity contribution in [3.05, 3.63) is 17.0 Å². The zero-order valence-electron chi connectivity index (χ0n) is 10.6. The van der Waals surface area contributed by atoms with Gasteiger partial charge >= 0.3 is 0 Å². The van der Waals surface area contributed by atoms with E-state index in [-0.39, 0.29) is 0 Å². The molecule has 4 heteroatoms. The van der Waals surface area contributed by atoms with E-state index >= 15 is 0 Å². The lowest BCUT2D eigenvalue weighted by Crippen LogP contribution is -2.47. The van der Waals surface area contributed by atoms with E-state index in [0.717, 1.165) is 43.3 Å². The predicted octanol–water partition coefficient (Wildman–Crippen LogP) is 2.34. The molecule has 0 spiro atoms. The molecule has 0 aromatic carbocycles. The normalized spacial score (nSPS) is 17.7. The Morgan fingerprint density at radius 2 is 2.00 bits per heavy atom. The lowest BCUT2D eigenvalue weighted by molar-refractivity contribution is 0.112. The van der Waals surface area contributed by atoms with Gasteiger partial charge in [0.05, 0.1) is 9.88 Å². The molecule has 0 bridgehead atoms. The molecule has 1 aromatic heterocycles. The standard InChI is InChI=1S/C13H20N2OS/c1-11(2)9-14-5-7-15(8-6-14)13-4-3-12(10-16)17-13/h3-4,10-11H,5-9H2,1-2H3. The molecule has 1 aromatic rings. The van der Waals surface area contributed by atoms with E-state index in [1.54, 1.807) is 11.3 Å². The van der Waals surface area contributed by atoms with Gasteiger partial charge in [-0.05, 0) is 18.1 Å². The number of anilines is 1. The van der Waals surface area contributed by atoms with E-state index in [2.05, 4.69) is 29.7 Å². The molecule has 0 radical (unpaired) electrons. The first kappa shape index (κ1) is 12.6. The second kappa shape index (κ2) is 5.65. The molecule has 0 amide bonds. The zero-order chi connectivity index (χ0) is 12.3. The first-order valence-corrected chi connectivity index (χ1v) is 7.03. The van der Waals surface area contributed by atoms with Crippen molar-refractivity contribution in [1.29, 1.82) is 0 Å². The average Bonchev–Trinajstić information content (AvgIpc) is 2.78. The highest BCUT2D eigenvalue weighted by Gasteiger charge is 2.18. The molecular formula is C13H20N2OS. The number of hydrogen-bond acceptors (Lipinski definition) is 4. The predicted molar refractivity (Wildman–Crippen MR) is 73.2 cm³/mol. The van der Waals surface area contributed by atoms with Crippen LogP contribution in [0.4, 0.5) is 5.00 Å². The first-order chi connectivity index (χ1) is 8.19. The smallest absolute Gasteiger partial charge is 0.160 e. The molecule has 1 saturated heterocycles. The Hall–Kier alpha value is -0.870. The second-order valence-electron chi connectivity index (χ2n) is 4.98. The monoisotopic (exact) mass is 252 g/mol. The number of nitrogens with zero attached hydrogens (tertiary/aromatic N) is 2. The highest BCUT2D eigenvalue weighted by molar-refractivity contribution is 7.17. The molecule has 1 aliphatic heterocycles. The zero-order valence-corrected chi connectivity index (χ0v) is 11.4. The Morgan fingerprint density at radius 1 is 1.29 bits per heavy atom. The van der Waals surface area contributed by atoms with Gasteiger partial charge < -0.3 is 4.90 Å². The Balaban J connectivity index is 1.88. The van der Waals surface area contributed by atoms with Crippen LogP contribution < -0.4 is 4.90 Å². The van der Waals surface area contributed by atoms with Crippen LogP contribution in [0.3, 0.4) is 0 Å². The number of rotatable bonds is 4. The molecular weight excluding hydrogens is 232 g/mol. The van der Waals surface area contributed by atoms with Crippen LogP contribution in [0.2, 0.25) is 0 Å². The number of piperazine rings is 1. The van der Waals surface area contributed by atoms with Gasteiger partial charge in [0.25, 0.3) is 0 Å². The number of carbonyl (C=O) groups excluding carboxylic acids is 1. The van der Waals surface area contributed by atoms with Gasteiger partial charge in [0.1, 0.15) is 0 Å². The average molecular weight is 252 g/mol. The Kier molecular flexibility index (Phi) is 4.18. The van der Waals surface area contributed by atoms with E-state index in [1.165, 1.54) is 11.5 Å². The van der Waals surface area contributed by atoms with E-state index in [0.29, 0.717) is 0 Å². The Labute approximate surface area is 107 Å². The topological polar surface area (TPSA) is 23.6 Å². The van der Waals surface area contributed by atoms with Crippen molar-refractivity contribution in [3.8, 4) is 0 Å². The molecule has 3 nitrogen and oxygen atoms in total. The van der Waals surface area contributed by atoms with Crippen molar-refractivity contribution in [3.63, 3.8) is 0 Å². The third-order valence-electron chi connectivity index (χ3n) is 3.04. The fourth-order valence-corrected chi connectivity index (χ4v) is 3.12. The summed E-state index contributed by atoms with van der Waals surface area (Å²) in [4.78, 5) is 16.4. The number of aldehydes is 1. The molecule has 0 saturated carbocycles. The van der Waals surface area contributed by atoms with E-state index in [1.807, 2.05) is 6.07 Å². The van der Waals surface area contributed by atoms with Crippen molar-refractivity contribution < 1.29 is 4.79 Å². The summed E-state index contributed by atoms with van der Waals surface area (Å²) < 4.78 is 0. The fraction of sp³-hybridized carbons (Fsp3) is 0.615. The third-order valence-corrected chi connectivity index (χ3v) is 4.11. The minimum absolute atomic E-state index is 0.741. The molecule has 1 aliphatic rings. The van der Waals surface area contributed by atoms with Crippen LogP contribution in [-0.4, -0.2) is 43.9 Å². The lowest BCUT2D eigenvalue weighted by Gasteiger charge is -2.36. The van der Waals surface area contributed by atoms with Gasteiger partial charge in [-0.15, -0.1) is 11.3 Å². The molecule has 2 rings (SSSR count). The first-order valence-electron chi connectivity index (χ1n) is 6.21. The Bertz CT molecular complexity index is 367. The lowest BCUT2D eigenvalue weighted by atomic mass is 10.2. The van der Waals surface area contributed by atoms with Crippen LogP contribution in [0.1, 0.15) is 23.5 Å². The summed E-state index contributed by atoms with van der Waals surface area (Å²) >= 11 is 1.59. The Morgan fingerprint density at radius 3 is 2.53 bits per heavy atom. The van der Waals surface area contributed by atoms with Crippen LogP contribution in [-0.2, 0) is 0 Å². The SMILES string of the molecule is CC(C)CN1CCN(c2ccc(C=O)s2)CC1. The van der Waals surface area contributed by atoms with Gasteiger partial charge in [-0.1, -0.05) is 13.8 Å². The molecule has 0 N–H and O–H groups in total. The van der Waals surface area contributed by atoms with E-state index in [9.17, 15) is 4.79 Å². The summed E-state index contributed by atoms with van der Waals surface area (Å²) in [7, 11) is 0. The van der Waals surface area contributed by atoms with Crippen LogP contribution in [0.25, 0.3) is 0 Å². The summed E-state index contributed by atoms with van der Waals surface area (Å²) in [5.41, 5.74) is 0. The van der Waals surface area contributed by atoms with Crippen LogP contribution in [0, 0.1) is 5.92 Å². The molecule has 2 heterocycles. The fourth-order valence-electron chi connectivity index (χ4n) is 2.24. The summed E-state index contributed by atoms with van der Waals surface area (Å²) in [6.07, 6.45) is 0.934. The second-order valence-corrected chi connectivity index (χ2v) is 6.07. The number of hydrogen-bond donors (Lipinski definition) is 0. The summed E-state index contributed by atoms with van der Waals surface area (Å²) in [5, 5.41) is 1.23. The van der Waals surface area contributed by atoms with Crippen molar-refractivity contribution in [2.75, 3.05) is 37.6 Å². The van der Waals surface area contributed by atoms with E-state index in [4.69, 9.17) is 0 Å². The van der Waals surface area contributed by atoms with Crippen molar-refractivity contribution in [2.45, 2.75) is 13.8 Å². The van der Waals surface area contributed by atoms with Gasteiger partial charge in [0, 0.05) is 32.7 Å². The minimum Gasteiger partial charge on any atom is -0.361 e. The highest BCUT2D eigenvalue weighted by atomic mass is 32.1. The quantitative estimate of drug-likeness (QED) is 0.769. The largest absolute Gasteiger partial charge is 0.361 e. The molecule has 1 fully saturated rings. The van der Waals surface area contributed by atoms with Crippen LogP contribution in [0.5, 0.6) is 0 Å². The van der Waals surface area contributed by atoms with Crippen LogP contribution in [0.15, 0.2) is 12.1 Å². The van der Waals surface area contributed by atoms with Gasteiger partial charge in [0.2, 0.25) is 0 Å². The molecule has 17 heavy (non-hydrogen) atoms. The van der Waals surface area contributed by atoms with E-state index < -0.39 is 0 Å². The van der Waals surface area contributed by atoms with Crippen LogP contribution >= 0.6 is 11.3 Å². The maximum absolute atomic E-state index is 10.7. The number of carbonyl (C=O) groups is 1. The molecule has 0 unspecified atom stereocenters. The number of thiophene rings is 1. The van der Waals surface area contributed by atoms with Gasteiger partial charge in [-0.25, -0.2) is 0 Å². The van der Waals surface area contributed by atoms with Gasteiger partial charge in [-0.2, -0.15) is 0 Å². The maximum Gasteiger partial charge on any atom is 0.160 e. The van der Waals surface area contributed by atoms with Crippen molar-refractivity contribution in [1.82, 2.24) is 4.90 Å². The molecule has 0 aliphatic carbocycles. The maximum atomic E-state index is 10.7. The molecule has 94 valence electrons. The van der Waals surface area contributed by atoms with Crippen molar-refractivity contribution >= 4 is 22.6 Å². The highest BCUT2D eigenvalue weighted by Crippen LogP contribution is 2.25. The minimum atomic E-state index is 0.741. The van der Waals surface area contributed by atoms with Crippen molar-refractivity contribution in [2.24, 2.45) is 5.92 Å². The summed E-state index contributed by atoms with van der Waals surface area (Å²) in [6, 6.07) is 3.97. The van der Waals surface area contributed by atoms with Gasteiger partial charge in [-0.3, -0.25) is 9.69 Å². The summed E-state index contributed by atoms with van der Waals surface area (Å²) in [6.45, 7) is 10.1. The molecule has 0 atom stereocenters.